The molecule has 1 atom stereocenters. The molecule has 0 saturated carbocycles. The number of benzene rings is 3. The molecule has 1 aliphatic heterocycles. The summed E-state index contributed by atoms with van der Waals surface area (Å²) < 4.78 is 5.65. The third-order valence-corrected chi connectivity index (χ3v) is 6.63. The van der Waals surface area contributed by atoms with Crippen LogP contribution in [0.2, 0.25) is 0 Å². The van der Waals surface area contributed by atoms with Crippen LogP contribution in [0.4, 0.5) is 0 Å². The van der Waals surface area contributed by atoms with Crippen molar-refractivity contribution in [3.63, 3.8) is 0 Å². The minimum atomic E-state index is -0.125. The quantitative estimate of drug-likeness (QED) is 0.503. The molecule has 0 aromatic heterocycles. The lowest BCUT2D eigenvalue weighted by atomic mass is 10.1. The highest BCUT2D eigenvalue weighted by Gasteiger charge is 2.32. The zero-order valence-electron chi connectivity index (χ0n) is 18.9. The van der Waals surface area contributed by atoms with E-state index < -0.39 is 0 Å². The van der Waals surface area contributed by atoms with Gasteiger partial charge in [-0.2, -0.15) is 0 Å². The first-order valence-corrected chi connectivity index (χ1v) is 12.1. The first-order chi connectivity index (χ1) is 16.0. The fourth-order valence-corrected chi connectivity index (χ4v) is 4.91. The predicted octanol–water partition coefficient (Wildman–Crippen LogP) is 5.18. The molecular weight excluding hydrogens is 432 g/mol. The van der Waals surface area contributed by atoms with Crippen LogP contribution in [0.1, 0.15) is 46.3 Å². The van der Waals surface area contributed by atoms with Crippen LogP contribution in [0, 0.1) is 0 Å². The van der Waals surface area contributed by atoms with Gasteiger partial charge in [-0.15, -0.1) is 11.8 Å². The second-order valence-corrected chi connectivity index (χ2v) is 9.35. The van der Waals surface area contributed by atoms with E-state index in [1.807, 2.05) is 97.6 Å². The molecule has 3 aromatic rings. The Labute approximate surface area is 199 Å². The lowest BCUT2D eigenvalue weighted by Crippen LogP contribution is -2.27. The monoisotopic (exact) mass is 460 g/mol. The van der Waals surface area contributed by atoms with Gasteiger partial charge in [0.25, 0.3) is 5.91 Å². The van der Waals surface area contributed by atoms with Crippen LogP contribution in [0.15, 0.2) is 78.9 Å². The molecule has 1 fully saturated rings. The van der Waals surface area contributed by atoms with Crippen LogP contribution in [0.25, 0.3) is 0 Å². The molecule has 2 amide bonds. The van der Waals surface area contributed by atoms with Crippen molar-refractivity contribution < 1.29 is 14.3 Å². The van der Waals surface area contributed by atoms with Crippen LogP contribution >= 0.6 is 11.8 Å². The van der Waals surface area contributed by atoms with E-state index in [4.69, 9.17) is 4.74 Å². The number of nitrogens with one attached hydrogen (secondary N) is 1. The smallest absolute Gasteiger partial charge is 0.251 e. The number of thioether (sulfide) groups is 1. The molecule has 0 bridgehead atoms. The molecule has 0 radical (unpaired) electrons. The van der Waals surface area contributed by atoms with Gasteiger partial charge in [0.2, 0.25) is 5.91 Å². The predicted molar refractivity (Wildman–Crippen MR) is 132 cm³/mol. The Bertz CT molecular complexity index is 1080. The fraction of sp³-hybridized carbons (Fsp3) is 0.259. The van der Waals surface area contributed by atoms with Gasteiger partial charge >= 0.3 is 0 Å². The van der Waals surface area contributed by atoms with Crippen molar-refractivity contribution >= 4 is 23.6 Å². The van der Waals surface area contributed by atoms with Crippen molar-refractivity contribution in [1.29, 1.82) is 0 Å². The molecule has 5 nitrogen and oxygen atoms in total. The molecular formula is C27H28N2O3S. The van der Waals surface area contributed by atoms with Gasteiger partial charge < -0.3 is 15.0 Å². The van der Waals surface area contributed by atoms with Crippen molar-refractivity contribution in [3.05, 3.63) is 101 Å². The van der Waals surface area contributed by atoms with Crippen molar-refractivity contribution in [2.75, 3.05) is 5.75 Å². The average Bonchev–Trinajstić information content (AvgIpc) is 3.19. The standard InChI is InChI=1S/C27H28N2O3S/c1-19(2)32-24-14-8-20(9-15-24)16-28-26(31)22-10-12-23(13-11-22)27-29(25(30)18-33-27)17-21-6-4-3-5-7-21/h3-15,19,27H,16-18H2,1-2H3,(H,28,31)/t27-/m1/s1. The molecule has 3 aromatic carbocycles. The Morgan fingerprint density at radius 3 is 2.36 bits per heavy atom. The molecule has 1 N–H and O–H groups in total. The van der Waals surface area contributed by atoms with Gasteiger partial charge in [0, 0.05) is 18.7 Å². The summed E-state index contributed by atoms with van der Waals surface area (Å²) in [7, 11) is 0. The number of hydrogen-bond acceptors (Lipinski definition) is 4. The highest BCUT2D eigenvalue weighted by molar-refractivity contribution is 8.00. The molecule has 6 heteroatoms. The highest BCUT2D eigenvalue weighted by atomic mass is 32.2. The van der Waals surface area contributed by atoms with E-state index in [1.54, 1.807) is 11.8 Å². The molecule has 1 heterocycles. The van der Waals surface area contributed by atoms with Gasteiger partial charge in [0.15, 0.2) is 0 Å². The summed E-state index contributed by atoms with van der Waals surface area (Å²) >= 11 is 1.62. The molecule has 0 unspecified atom stereocenters. The minimum Gasteiger partial charge on any atom is -0.491 e. The molecule has 1 aliphatic rings. The number of amides is 2. The number of rotatable bonds is 8. The van der Waals surface area contributed by atoms with Crippen molar-refractivity contribution in [1.82, 2.24) is 10.2 Å². The summed E-state index contributed by atoms with van der Waals surface area (Å²) in [6.07, 6.45) is 0.129. The van der Waals surface area contributed by atoms with Gasteiger partial charge in [0.1, 0.15) is 11.1 Å². The van der Waals surface area contributed by atoms with E-state index in [0.717, 1.165) is 22.4 Å². The Balaban J connectivity index is 1.36. The molecule has 1 saturated heterocycles. The summed E-state index contributed by atoms with van der Waals surface area (Å²) in [5.41, 5.74) is 3.74. The lowest BCUT2D eigenvalue weighted by molar-refractivity contribution is -0.128. The Morgan fingerprint density at radius 1 is 1.00 bits per heavy atom. The summed E-state index contributed by atoms with van der Waals surface area (Å²) in [4.78, 5) is 27.0. The maximum Gasteiger partial charge on any atom is 0.251 e. The number of carbonyl (C=O) groups is 2. The lowest BCUT2D eigenvalue weighted by Gasteiger charge is -2.24. The molecule has 170 valence electrons. The number of nitrogens with zero attached hydrogens (tertiary/aromatic N) is 1. The van der Waals surface area contributed by atoms with Gasteiger partial charge in [0.05, 0.1) is 11.9 Å². The van der Waals surface area contributed by atoms with Crippen molar-refractivity contribution in [2.24, 2.45) is 0 Å². The first kappa shape index (κ1) is 22.9. The zero-order valence-corrected chi connectivity index (χ0v) is 19.7. The number of carbonyl (C=O) groups excluding carboxylic acids is 2. The van der Waals surface area contributed by atoms with E-state index >= 15 is 0 Å². The van der Waals surface area contributed by atoms with Crippen LogP contribution in [0.5, 0.6) is 5.75 Å². The minimum absolute atomic E-state index is 0.0404. The third-order valence-electron chi connectivity index (χ3n) is 5.37. The number of ether oxygens (including phenoxy) is 1. The molecule has 0 aliphatic carbocycles. The van der Waals surface area contributed by atoms with Crippen molar-refractivity contribution in [2.45, 2.75) is 38.4 Å². The van der Waals surface area contributed by atoms with Gasteiger partial charge in [-0.05, 0) is 54.8 Å². The fourth-order valence-electron chi connectivity index (χ4n) is 3.72. The zero-order chi connectivity index (χ0) is 23.2. The average molecular weight is 461 g/mol. The van der Waals surface area contributed by atoms with E-state index in [1.165, 1.54) is 0 Å². The third kappa shape index (κ3) is 5.96. The van der Waals surface area contributed by atoms with Crippen LogP contribution in [0.3, 0.4) is 0 Å². The van der Waals surface area contributed by atoms with Crippen LogP contribution in [-0.2, 0) is 17.9 Å². The largest absolute Gasteiger partial charge is 0.491 e. The van der Waals surface area contributed by atoms with Crippen molar-refractivity contribution in [3.8, 4) is 5.75 Å². The summed E-state index contributed by atoms with van der Waals surface area (Å²) in [6.45, 7) is 5.01. The summed E-state index contributed by atoms with van der Waals surface area (Å²) in [5, 5.41) is 2.92. The topological polar surface area (TPSA) is 58.6 Å². The van der Waals surface area contributed by atoms with Crippen LogP contribution in [-0.4, -0.2) is 28.6 Å². The van der Waals surface area contributed by atoms with E-state index in [-0.39, 0.29) is 23.3 Å². The Morgan fingerprint density at radius 2 is 1.70 bits per heavy atom. The first-order valence-electron chi connectivity index (χ1n) is 11.1. The molecule has 33 heavy (non-hydrogen) atoms. The Hall–Kier alpha value is -3.25. The van der Waals surface area contributed by atoms with Gasteiger partial charge in [-0.25, -0.2) is 0 Å². The summed E-state index contributed by atoms with van der Waals surface area (Å²) in [6, 6.07) is 25.3. The highest BCUT2D eigenvalue weighted by Crippen LogP contribution is 2.39. The second kappa shape index (κ2) is 10.6. The molecule has 4 rings (SSSR count). The maximum atomic E-state index is 12.6. The summed E-state index contributed by atoms with van der Waals surface area (Å²) in [5.74, 6) is 1.31. The SMILES string of the molecule is CC(C)Oc1ccc(CNC(=O)c2ccc([C@H]3SCC(=O)N3Cc3ccccc3)cc2)cc1. The normalized spacial score (nSPS) is 15.7. The van der Waals surface area contributed by atoms with E-state index in [2.05, 4.69) is 5.32 Å². The van der Waals surface area contributed by atoms with Gasteiger partial charge in [-0.1, -0.05) is 54.6 Å². The molecule has 0 spiro atoms. The number of hydrogen-bond donors (Lipinski definition) is 1. The van der Waals surface area contributed by atoms with E-state index in [0.29, 0.717) is 24.4 Å². The Kier molecular flexibility index (Phi) is 7.35. The second-order valence-electron chi connectivity index (χ2n) is 8.29. The maximum absolute atomic E-state index is 12.6. The van der Waals surface area contributed by atoms with E-state index in [9.17, 15) is 9.59 Å². The van der Waals surface area contributed by atoms with Gasteiger partial charge in [-0.3, -0.25) is 9.59 Å². The van der Waals surface area contributed by atoms with Crippen LogP contribution < -0.4 is 10.1 Å².